The zero-order valence-electron chi connectivity index (χ0n) is 14.5. The van der Waals surface area contributed by atoms with Gasteiger partial charge < -0.3 is 9.47 Å². The number of hydrogen-bond donors (Lipinski definition) is 0. The minimum absolute atomic E-state index is 0.0369. The molecule has 0 N–H and O–H groups in total. The van der Waals surface area contributed by atoms with Crippen molar-refractivity contribution in [1.82, 2.24) is 0 Å². The zero-order chi connectivity index (χ0) is 19.2. The van der Waals surface area contributed by atoms with E-state index in [1.54, 1.807) is 36.4 Å². The van der Waals surface area contributed by atoms with Gasteiger partial charge in [-0.05, 0) is 77.9 Å². The summed E-state index contributed by atoms with van der Waals surface area (Å²) in [6.07, 6.45) is -0.0223. The second-order valence-electron chi connectivity index (χ2n) is 5.73. The molecule has 1 atom stereocenters. The third-order valence-corrected chi connectivity index (χ3v) is 4.82. The Hall–Kier alpha value is -2.40. The van der Waals surface area contributed by atoms with Crippen molar-refractivity contribution in [2.75, 3.05) is 7.11 Å². The molecule has 26 heavy (non-hydrogen) atoms. The standard InChI is InChI=1S/C20H18INO4/c1-14(23)20(13-22,15-4-3-5-18(12-15)25-2)11-10-19(24)26-17-8-6-16(21)7-9-17/h3-9,12H,10-11H2,1-2H3. The Labute approximate surface area is 166 Å². The number of ether oxygens (including phenoxy) is 2. The molecule has 2 aromatic carbocycles. The molecule has 0 radical (unpaired) electrons. The number of ketones is 1. The number of Topliss-reactive ketones (excluding diaryl/α,β-unsaturated/α-hetero) is 1. The van der Waals surface area contributed by atoms with Gasteiger partial charge in [-0.1, -0.05) is 12.1 Å². The first kappa shape index (κ1) is 19.9. The average molecular weight is 463 g/mol. The number of rotatable bonds is 7. The van der Waals surface area contributed by atoms with E-state index >= 15 is 0 Å². The highest BCUT2D eigenvalue weighted by atomic mass is 127. The highest BCUT2D eigenvalue weighted by molar-refractivity contribution is 14.1. The van der Waals surface area contributed by atoms with Crippen LogP contribution in [0.1, 0.15) is 25.3 Å². The summed E-state index contributed by atoms with van der Waals surface area (Å²) in [6.45, 7) is 1.35. The molecule has 2 rings (SSSR count). The monoisotopic (exact) mass is 463 g/mol. The number of hydrogen-bond acceptors (Lipinski definition) is 5. The van der Waals surface area contributed by atoms with Crippen molar-refractivity contribution in [2.24, 2.45) is 0 Å². The average Bonchev–Trinajstić information content (AvgIpc) is 2.64. The molecule has 0 spiro atoms. The summed E-state index contributed by atoms with van der Waals surface area (Å²) in [5.41, 5.74) is -0.909. The van der Waals surface area contributed by atoms with Crippen LogP contribution in [0.4, 0.5) is 0 Å². The molecule has 0 aliphatic carbocycles. The maximum absolute atomic E-state index is 12.3. The molecule has 0 aliphatic rings. The van der Waals surface area contributed by atoms with E-state index in [1.165, 1.54) is 14.0 Å². The number of esters is 1. The maximum atomic E-state index is 12.3. The minimum atomic E-state index is -1.42. The van der Waals surface area contributed by atoms with Gasteiger partial charge in [-0.25, -0.2) is 0 Å². The van der Waals surface area contributed by atoms with Crippen LogP contribution in [0.3, 0.4) is 0 Å². The van der Waals surface area contributed by atoms with Gasteiger partial charge in [0.2, 0.25) is 0 Å². The lowest BCUT2D eigenvalue weighted by Crippen LogP contribution is -2.33. The number of carbonyl (C=O) groups excluding carboxylic acids is 2. The first-order chi connectivity index (χ1) is 12.4. The number of methoxy groups -OCH3 is 1. The largest absolute Gasteiger partial charge is 0.497 e. The van der Waals surface area contributed by atoms with Gasteiger partial charge in [0.05, 0.1) is 13.2 Å². The molecule has 1 unspecified atom stereocenters. The fraction of sp³-hybridized carbons (Fsp3) is 0.250. The molecular weight excluding hydrogens is 445 g/mol. The molecule has 0 fully saturated rings. The third kappa shape index (κ3) is 4.61. The highest BCUT2D eigenvalue weighted by Gasteiger charge is 2.38. The van der Waals surface area contributed by atoms with E-state index < -0.39 is 11.4 Å². The van der Waals surface area contributed by atoms with Crippen LogP contribution in [-0.2, 0) is 15.0 Å². The van der Waals surface area contributed by atoms with Gasteiger partial charge in [0.25, 0.3) is 0 Å². The summed E-state index contributed by atoms with van der Waals surface area (Å²) in [5, 5.41) is 9.73. The number of halogens is 1. The topological polar surface area (TPSA) is 76.4 Å². The molecule has 0 saturated heterocycles. The lowest BCUT2D eigenvalue weighted by atomic mass is 9.75. The van der Waals surface area contributed by atoms with Crippen molar-refractivity contribution in [3.05, 3.63) is 57.7 Å². The number of nitriles is 1. The van der Waals surface area contributed by atoms with Crippen LogP contribution in [0.5, 0.6) is 11.5 Å². The molecule has 0 bridgehead atoms. The van der Waals surface area contributed by atoms with E-state index in [9.17, 15) is 14.9 Å². The van der Waals surface area contributed by atoms with Crippen LogP contribution in [-0.4, -0.2) is 18.9 Å². The molecule has 6 heteroatoms. The van der Waals surface area contributed by atoms with Crippen molar-refractivity contribution in [3.63, 3.8) is 0 Å². The second-order valence-corrected chi connectivity index (χ2v) is 6.98. The summed E-state index contributed by atoms with van der Waals surface area (Å²) >= 11 is 2.16. The normalized spacial score (nSPS) is 12.5. The van der Waals surface area contributed by atoms with E-state index in [1.807, 2.05) is 12.1 Å². The van der Waals surface area contributed by atoms with Gasteiger partial charge in [0, 0.05) is 9.99 Å². The molecule has 0 aliphatic heterocycles. The molecule has 0 amide bonds. The van der Waals surface area contributed by atoms with Gasteiger partial charge in [-0.2, -0.15) is 5.26 Å². The number of benzene rings is 2. The summed E-state index contributed by atoms with van der Waals surface area (Å²) in [4.78, 5) is 24.5. The predicted octanol–water partition coefficient (Wildman–Crippen LogP) is 4.04. The fourth-order valence-electron chi connectivity index (χ4n) is 2.59. The summed E-state index contributed by atoms with van der Waals surface area (Å²) < 4.78 is 11.5. The highest BCUT2D eigenvalue weighted by Crippen LogP contribution is 2.32. The molecule has 0 aromatic heterocycles. The van der Waals surface area contributed by atoms with E-state index in [2.05, 4.69) is 28.7 Å². The SMILES string of the molecule is COc1cccc(C(C#N)(CCC(=O)Oc2ccc(I)cc2)C(C)=O)c1. The zero-order valence-corrected chi connectivity index (χ0v) is 16.6. The van der Waals surface area contributed by atoms with Gasteiger partial charge in [0.15, 0.2) is 5.78 Å². The number of nitrogens with zero attached hydrogens (tertiary/aromatic N) is 1. The van der Waals surface area contributed by atoms with Crippen LogP contribution in [0.25, 0.3) is 0 Å². The van der Waals surface area contributed by atoms with Crippen LogP contribution >= 0.6 is 22.6 Å². The van der Waals surface area contributed by atoms with Crippen molar-refractivity contribution < 1.29 is 19.1 Å². The van der Waals surface area contributed by atoms with Crippen molar-refractivity contribution in [2.45, 2.75) is 25.2 Å². The summed E-state index contributed by atoms with van der Waals surface area (Å²) in [6, 6.07) is 15.9. The molecule has 5 nitrogen and oxygen atoms in total. The quantitative estimate of drug-likeness (QED) is 0.352. The van der Waals surface area contributed by atoms with E-state index in [4.69, 9.17) is 9.47 Å². The predicted molar refractivity (Wildman–Crippen MR) is 105 cm³/mol. The van der Waals surface area contributed by atoms with Crippen LogP contribution in [0.15, 0.2) is 48.5 Å². The molecule has 2 aromatic rings. The van der Waals surface area contributed by atoms with Crippen molar-refractivity contribution in [3.8, 4) is 17.6 Å². The summed E-state index contributed by atoms with van der Waals surface area (Å²) in [5.74, 6) is 0.164. The Bertz CT molecular complexity index is 842. The van der Waals surface area contributed by atoms with Crippen LogP contribution in [0.2, 0.25) is 0 Å². The van der Waals surface area contributed by atoms with Gasteiger partial charge >= 0.3 is 5.97 Å². The Morgan fingerprint density at radius 1 is 1.15 bits per heavy atom. The van der Waals surface area contributed by atoms with Crippen LogP contribution < -0.4 is 9.47 Å². The lowest BCUT2D eigenvalue weighted by Gasteiger charge is -2.24. The van der Waals surface area contributed by atoms with Crippen LogP contribution in [0, 0.1) is 14.9 Å². The first-order valence-electron chi connectivity index (χ1n) is 7.94. The molecule has 134 valence electrons. The van der Waals surface area contributed by atoms with Gasteiger partial charge in [0.1, 0.15) is 16.9 Å². The summed E-state index contributed by atoms with van der Waals surface area (Å²) in [7, 11) is 1.51. The van der Waals surface area contributed by atoms with E-state index in [0.29, 0.717) is 17.1 Å². The maximum Gasteiger partial charge on any atom is 0.311 e. The van der Waals surface area contributed by atoms with Crippen molar-refractivity contribution in [1.29, 1.82) is 5.26 Å². The van der Waals surface area contributed by atoms with E-state index in [0.717, 1.165) is 3.57 Å². The Kier molecular flexibility index (Phi) is 6.75. The smallest absolute Gasteiger partial charge is 0.311 e. The Morgan fingerprint density at radius 3 is 2.42 bits per heavy atom. The fourth-order valence-corrected chi connectivity index (χ4v) is 2.95. The van der Waals surface area contributed by atoms with Gasteiger partial charge in [-0.15, -0.1) is 0 Å². The van der Waals surface area contributed by atoms with Crippen molar-refractivity contribution >= 4 is 34.3 Å². The Morgan fingerprint density at radius 2 is 1.85 bits per heavy atom. The van der Waals surface area contributed by atoms with E-state index in [-0.39, 0.29) is 18.6 Å². The first-order valence-corrected chi connectivity index (χ1v) is 9.02. The third-order valence-electron chi connectivity index (χ3n) is 4.10. The minimum Gasteiger partial charge on any atom is -0.497 e. The second kappa shape index (κ2) is 8.81. The molecule has 0 heterocycles. The number of carbonyl (C=O) groups is 2. The Balaban J connectivity index is 2.17. The lowest BCUT2D eigenvalue weighted by molar-refractivity contribution is -0.134. The van der Waals surface area contributed by atoms with Gasteiger partial charge in [-0.3, -0.25) is 9.59 Å². The molecule has 0 saturated carbocycles. The molecular formula is C20H18INO4.